The van der Waals surface area contributed by atoms with Gasteiger partial charge in [0.2, 0.25) is 0 Å². The second kappa shape index (κ2) is 5.58. The Morgan fingerprint density at radius 2 is 2.05 bits per heavy atom. The van der Waals surface area contributed by atoms with Crippen molar-refractivity contribution in [3.63, 3.8) is 0 Å². The lowest BCUT2D eigenvalue weighted by Gasteiger charge is -2.07. The van der Waals surface area contributed by atoms with Gasteiger partial charge < -0.3 is 10.5 Å². The van der Waals surface area contributed by atoms with Crippen LogP contribution in [0.2, 0.25) is 5.02 Å². The van der Waals surface area contributed by atoms with Gasteiger partial charge in [0, 0.05) is 16.8 Å². The number of anilines is 1. The summed E-state index contributed by atoms with van der Waals surface area (Å²) in [7, 11) is 0. The SMILES string of the molecule is Nc1cccc(COc2ccc(Cl)cc2[N+](=O)[O-])c1. The van der Waals surface area contributed by atoms with Crippen LogP contribution in [0.3, 0.4) is 0 Å². The van der Waals surface area contributed by atoms with Crippen LogP contribution in [0.25, 0.3) is 0 Å². The van der Waals surface area contributed by atoms with E-state index < -0.39 is 4.92 Å². The van der Waals surface area contributed by atoms with Crippen LogP contribution >= 0.6 is 11.6 Å². The van der Waals surface area contributed by atoms with Crippen molar-refractivity contribution in [3.05, 3.63) is 63.2 Å². The van der Waals surface area contributed by atoms with Gasteiger partial charge in [-0.15, -0.1) is 0 Å². The minimum Gasteiger partial charge on any atom is -0.482 e. The zero-order valence-corrected chi connectivity index (χ0v) is 10.6. The molecule has 19 heavy (non-hydrogen) atoms. The zero-order chi connectivity index (χ0) is 13.8. The fourth-order valence-corrected chi connectivity index (χ4v) is 1.77. The van der Waals surface area contributed by atoms with Crippen LogP contribution in [-0.4, -0.2) is 4.92 Å². The quantitative estimate of drug-likeness (QED) is 0.528. The number of nitrogen functional groups attached to an aromatic ring is 1. The first-order valence-electron chi connectivity index (χ1n) is 5.47. The van der Waals surface area contributed by atoms with E-state index in [1.165, 1.54) is 12.1 Å². The van der Waals surface area contributed by atoms with Crippen LogP contribution in [0.4, 0.5) is 11.4 Å². The van der Waals surface area contributed by atoms with Gasteiger partial charge in [-0.05, 0) is 29.8 Å². The van der Waals surface area contributed by atoms with Crippen molar-refractivity contribution >= 4 is 23.0 Å². The molecule has 0 bridgehead atoms. The molecule has 98 valence electrons. The summed E-state index contributed by atoms with van der Waals surface area (Å²) in [6, 6.07) is 11.4. The topological polar surface area (TPSA) is 78.4 Å². The van der Waals surface area contributed by atoms with Gasteiger partial charge in [0.05, 0.1) is 4.92 Å². The van der Waals surface area contributed by atoms with Crippen LogP contribution in [-0.2, 0) is 6.61 Å². The normalized spacial score (nSPS) is 10.2. The number of halogens is 1. The van der Waals surface area contributed by atoms with E-state index in [9.17, 15) is 10.1 Å². The van der Waals surface area contributed by atoms with Crippen molar-refractivity contribution < 1.29 is 9.66 Å². The fraction of sp³-hybridized carbons (Fsp3) is 0.0769. The molecule has 2 N–H and O–H groups in total. The van der Waals surface area contributed by atoms with Gasteiger partial charge in [0.1, 0.15) is 6.61 Å². The second-order valence-electron chi connectivity index (χ2n) is 3.90. The van der Waals surface area contributed by atoms with Crippen LogP contribution in [0.1, 0.15) is 5.56 Å². The molecule has 6 heteroatoms. The fourth-order valence-electron chi connectivity index (χ4n) is 1.60. The predicted octanol–water partition coefficient (Wildman–Crippen LogP) is 3.41. The van der Waals surface area contributed by atoms with Crippen molar-refractivity contribution in [2.45, 2.75) is 6.61 Å². The molecule has 0 unspecified atom stereocenters. The molecule has 0 aliphatic carbocycles. The van der Waals surface area contributed by atoms with Crippen LogP contribution in [0, 0.1) is 10.1 Å². The van der Waals surface area contributed by atoms with Gasteiger partial charge in [-0.25, -0.2) is 0 Å². The minimum atomic E-state index is -0.527. The molecule has 2 rings (SSSR count). The number of rotatable bonds is 4. The van der Waals surface area contributed by atoms with Crippen molar-refractivity contribution in [2.24, 2.45) is 0 Å². The second-order valence-corrected chi connectivity index (χ2v) is 4.34. The predicted molar refractivity (Wildman–Crippen MR) is 73.3 cm³/mol. The van der Waals surface area contributed by atoms with Crippen molar-refractivity contribution in [2.75, 3.05) is 5.73 Å². The van der Waals surface area contributed by atoms with E-state index in [1.54, 1.807) is 24.3 Å². The third kappa shape index (κ3) is 3.35. The molecule has 0 saturated heterocycles. The summed E-state index contributed by atoms with van der Waals surface area (Å²) in [5, 5.41) is 11.2. The number of nitro groups is 1. The molecule has 2 aromatic rings. The maximum Gasteiger partial charge on any atom is 0.312 e. The van der Waals surface area contributed by atoms with Crippen LogP contribution in [0.5, 0.6) is 5.75 Å². The van der Waals surface area contributed by atoms with Crippen molar-refractivity contribution in [1.29, 1.82) is 0 Å². The molecule has 0 aliphatic heterocycles. The van der Waals surface area contributed by atoms with Gasteiger partial charge in [-0.2, -0.15) is 0 Å². The summed E-state index contributed by atoms with van der Waals surface area (Å²) in [4.78, 5) is 10.4. The largest absolute Gasteiger partial charge is 0.482 e. The van der Waals surface area contributed by atoms with Gasteiger partial charge in [0.25, 0.3) is 0 Å². The highest BCUT2D eigenvalue weighted by Crippen LogP contribution is 2.30. The Bertz CT molecular complexity index is 617. The average Bonchev–Trinajstić information content (AvgIpc) is 2.37. The molecule has 0 fully saturated rings. The van der Waals surface area contributed by atoms with E-state index in [4.69, 9.17) is 22.1 Å². The summed E-state index contributed by atoms with van der Waals surface area (Å²) < 4.78 is 5.44. The molecule has 0 atom stereocenters. The molecule has 2 aromatic carbocycles. The molecule has 5 nitrogen and oxygen atoms in total. The summed E-state index contributed by atoms with van der Waals surface area (Å²) in [5.74, 6) is 0.178. The number of hydrogen-bond donors (Lipinski definition) is 1. The van der Waals surface area contributed by atoms with Crippen LogP contribution < -0.4 is 10.5 Å². The van der Waals surface area contributed by atoms with Gasteiger partial charge in [-0.3, -0.25) is 10.1 Å². The van der Waals surface area contributed by atoms with Gasteiger partial charge >= 0.3 is 5.69 Å². The number of ether oxygens (including phenoxy) is 1. The van der Waals surface area contributed by atoms with Crippen LogP contribution in [0.15, 0.2) is 42.5 Å². The van der Waals surface area contributed by atoms with E-state index in [-0.39, 0.29) is 18.0 Å². The van der Waals surface area contributed by atoms with E-state index in [2.05, 4.69) is 0 Å². The summed E-state index contributed by atoms with van der Waals surface area (Å²) >= 11 is 5.72. The summed E-state index contributed by atoms with van der Waals surface area (Å²) in [6.07, 6.45) is 0. The highest BCUT2D eigenvalue weighted by atomic mass is 35.5. The molecular formula is C13H11ClN2O3. The van der Waals surface area contributed by atoms with E-state index in [0.717, 1.165) is 5.56 Å². The van der Waals surface area contributed by atoms with Crippen molar-refractivity contribution in [1.82, 2.24) is 0 Å². The monoisotopic (exact) mass is 278 g/mol. The number of benzene rings is 2. The molecule has 0 aliphatic rings. The number of nitrogens with two attached hydrogens (primary N) is 1. The highest BCUT2D eigenvalue weighted by Gasteiger charge is 2.15. The first-order chi connectivity index (χ1) is 9.06. The first-order valence-corrected chi connectivity index (χ1v) is 5.85. The summed E-state index contributed by atoms with van der Waals surface area (Å²) in [6.45, 7) is 0.202. The smallest absolute Gasteiger partial charge is 0.312 e. The lowest BCUT2D eigenvalue weighted by molar-refractivity contribution is -0.385. The molecule has 0 saturated carbocycles. The first kappa shape index (κ1) is 13.2. The lowest BCUT2D eigenvalue weighted by atomic mass is 10.2. The Hall–Kier alpha value is -2.27. The molecule has 0 radical (unpaired) electrons. The Balaban J connectivity index is 2.17. The summed E-state index contributed by atoms with van der Waals surface area (Å²) in [5.41, 5.74) is 6.94. The Morgan fingerprint density at radius 1 is 1.26 bits per heavy atom. The Labute approximate surface area is 114 Å². The third-order valence-corrected chi connectivity index (χ3v) is 2.70. The Morgan fingerprint density at radius 3 is 2.74 bits per heavy atom. The third-order valence-electron chi connectivity index (χ3n) is 2.46. The molecular weight excluding hydrogens is 268 g/mol. The Kier molecular flexibility index (Phi) is 3.87. The molecule has 0 spiro atoms. The van der Waals surface area contributed by atoms with Gasteiger partial charge in [-0.1, -0.05) is 23.7 Å². The zero-order valence-electron chi connectivity index (χ0n) is 9.88. The van der Waals surface area contributed by atoms with Gasteiger partial charge in [0.15, 0.2) is 5.75 Å². The lowest BCUT2D eigenvalue weighted by Crippen LogP contribution is -1.99. The molecule has 0 heterocycles. The van der Waals surface area contributed by atoms with E-state index in [0.29, 0.717) is 10.7 Å². The standard InChI is InChI=1S/C13H11ClN2O3/c14-10-4-5-13(12(7-10)16(17)18)19-8-9-2-1-3-11(15)6-9/h1-7H,8,15H2. The number of hydrogen-bond acceptors (Lipinski definition) is 4. The highest BCUT2D eigenvalue weighted by molar-refractivity contribution is 6.30. The van der Waals surface area contributed by atoms with Crippen molar-refractivity contribution in [3.8, 4) is 5.75 Å². The number of nitrogens with zero attached hydrogens (tertiary/aromatic N) is 1. The van der Waals surface area contributed by atoms with E-state index >= 15 is 0 Å². The van der Waals surface area contributed by atoms with E-state index in [1.807, 2.05) is 6.07 Å². The maximum atomic E-state index is 10.9. The maximum absolute atomic E-state index is 10.9. The molecule has 0 amide bonds. The minimum absolute atomic E-state index is 0.156. The number of nitro benzene ring substituents is 1. The average molecular weight is 279 g/mol. The molecule has 0 aromatic heterocycles.